The highest BCUT2D eigenvalue weighted by atomic mass is 35.5. The minimum absolute atomic E-state index is 0.0880. The Morgan fingerprint density at radius 2 is 1.55 bits per heavy atom. The standard InChI is InChI=1S/C22H26ClNO8S/c1-11(25)29-10-18-19(30-12(2)26)20(31-13(3)27)21(32-14(4)28)22(33-18)24-9-8-15-16(23)6-5-7-17(15)24/h5-7,18-22H,8-10H2,1-4H3/t18-,19+,20-,21+,22-/m0/s1. The molecule has 0 bridgehead atoms. The van der Waals surface area contributed by atoms with Gasteiger partial charge >= 0.3 is 23.9 Å². The Bertz CT molecular complexity index is 941. The summed E-state index contributed by atoms with van der Waals surface area (Å²) in [5, 5.41) is -0.474. The van der Waals surface area contributed by atoms with Crippen LogP contribution in [0, 0.1) is 0 Å². The molecule has 1 aromatic rings. The number of hydrogen-bond donors (Lipinski definition) is 0. The summed E-state index contributed by atoms with van der Waals surface area (Å²) in [7, 11) is 0. The number of hydrogen-bond acceptors (Lipinski definition) is 10. The second-order valence-electron chi connectivity index (χ2n) is 7.77. The van der Waals surface area contributed by atoms with E-state index in [1.165, 1.54) is 39.5 Å². The van der Waals surface area contributed by atoms with Gasteiger partial charge in [0, 0.05) is 44.9 Å². The number of thioether (sulfide) groups is 1. The number of ether oxygens (including phenoxy) is 4. The zero-order chi connectivity index (χ0) is 24.3. The number of rotatable bonds is 6. The molecule has 9 nitrogen and oxygen atoms in total. The van der Waals surface area contributed by atoms with Gasteiger partial charge in [-0.25, -0.2) is 0 Å². The van der Waals surface area contributed by atoms with E-state index in [0.29, 0.717) is 18.0 Å². The van der Waals surface area contributed by atoms with E-state index in [9.17, 15) is 19.2 Å². The van der Waals surface area contributed by atoms with Crippen molar-refractivity contribution in [1.29, 1.82) is 0 Å². The van der Waals surface area contributed by atoms with Crippen LogP contribution in [0.1, 0.15) is 33.3 Å². The monoisotopic (exact) mass is 499 g/mol. The van der Waals surface area contributed by atoms with Gasteiger partial charge in [-0.1, -0.05) is 17.7 Å². The molecule has 2 aliphatic heterocycles. The maximum atomic E-state index is 12.0. The van der Waals surface area contributed by atoms with E-state index in [0.717, 1.165) is 11.3 Å². The molecule has 5 atom stereocenters. The molecular weight excluding hydrogens is 474 g/mol. The van der Waals surface area contributed by atoms with E-state index >= 15 is 0 Å². The van der Waals surface area contributed by atoms with Gasteiger partial charge in [0.2, 0.25) is 0 Å². The highest BCUT2D eigenvalue weighted by molar-refractivity contribution is 8.00. The molecule has 1 fully saturated rings. The van der Waals surface area contributed by atoms with Crippen LogP contribution in [0.3, 0.4) is 0 Å². The van der Waals surface area contributed by atoms with Crippen LogP contribution in [0.4, 0.5) is 5.69 Å². The summed E-state index contributed by atoms with van der Waals surface area (Å²) in [5.41, 5.74) is 1.83. The molecule has 180 valence electrons. The topological polar surface area (TPSA) is 108 Å². The Labute approximate surface area is 201 Å². The van der Waals surface area contributed by atoms with E-state index in [1.807, 2.05) is 23.1 Å². The highest BCUT2D eigenvalue weighted by Gasteiger charge is 2.54. The lowest BCUT2D eigenvalue weighted by atomic mass is 10.0. The first-order valence-electron chi connectivity index (χ1n) is 10.4. The SMILES string of the molecule is CC(=O)OC[C@@H]1S[C@H](N2CCc3c(Cl)cccc32)[C@H](OC(C)=O)[C@@H](OC(C)=O)[C@@H]1OC(C)=O. The summed E-state index contributed by atoms with van der Waals surface area (Å²) in [4.78, 5) is 49.4. The highest BCUT2D eigenvalue weighted by Crippen LogP contribution is 2.44. The summed E-state index contributed by atoms with van der Waals surface area (Å²) in [5.74, 6) is -2.31. The summed E-state index contributed by atoms with van der Waals surface area (Å²) >= 11 is 7.71. The van der Waals surface area contributed by atoms with Crippen molar-refractivity contribution in [3.05, 3.63) is 28.8 Å². The van der Waals surface area contributed by atoms with Crippen LogP contribution >= 0.6 is 23.4 Å². The van der Waals surface area contributed by atoms with Crippen molar-refractivity contribution in [2.24, 2.45) is 0 Å². The number of halogens is 1. The average Bonchev–Trinajstić information content (AvgIpc) is 3.14. The summed E-state index contributed by atoms with van der Waals surface area (Å²) in [6.45, 7) is 5.47. The van der Waals surface area contributed by atoms with Crippen LogP contribution in [0.25, 0.3) is 0 Å². The molecule has 0 aromatic heterocycles. The minimum Gasteiger partial charge on any atom is -0.465 e. The van der Waals surface area contributed by atoms with E-state index in [2.05, 4.69) is 0 Å². The largest absolute Gasteiger partial charge is 0.465 e. The van der Waals surface area contributed by atoms with Crippen molar-refractivity contribution < 1.29 is 38.1 Å². The minimum atomic E-state index is -1.11. The third-order valence-electron chi connectivity index (χ3n) is 5.28. The molecule has 1 saturated heterocycles. The van der Waals surface area contributed by atoms with Crippen molar-refractivity contribution in [1.82, 2.24) is 0 Å². The zero-order valence-electron chi connectivity index (χ0n) is 18.7. The summed E-state index contributed by atoms with van der Waals surface area (Å²) in [6, 6.07) is 5.55. The smallest absolute Gasteiger partial charge is 0.303 e. The van der Waals surface area contributed by atoms with Gasteiger partial charge in [0.1, 0.15) is 12.0 Å². The Morgan fingerprint density at radius 1 is 0.939 bits per heavy atom. The molecule has 11 heteroatoms. The molecule has 33 heavy (non-hydrogen) atoms. The maximum Gasteiger partial charge on any atom is 0.303 e. The van der Waals surface area contributed by atoms with Crippen LogP contribution in [-0.4, -0.2) is 66.0 Å². The fraction of sp³-hybridized carbons (Fsp3) is 0.545. The molecule has 0 spiro atoms. The molecule has 0 aliphatic carbocycles. The normalized spacial score (nSPS) is 26.2. The maximum absolute atomic E-state index is 12.0. The molecule has 2 heterocycles. The van der Waals surface area contributed by atoms with Crippen LogP contribution in [0.15, 0.2) is 18.2 Å². The van der Waals surface area contributed by atoms with Crippen molar-refractivity contribution in [3.8, 4) is 0 Å². The first kappa shape index (κ1) is 25.2. The molecule has 2 aliphatic rings. The number of esters is 4. The van der Waals surface area contributed by atoms with Crippen molar-refractivity contribution in [2.45, 2.75) is 63.1 Å². The Kier molecular flexibility index (Phi) is 8.12. The molecule has 0 amide bonds. The van der Waals surface area contributed by atoms with Gasteiger partial charge < -0.3 is 23.8 Å². The molecular formula is C22H26ClNO8S. The van der Waals surface area contributed by atoms with Gasteiger partial charge in [-0.3, -0.25) is 19.2 Å². The van der Waals surface area contributed by atoms with Gasteiger partial charge in [-0.15, -0.1) is 11.8 Å². The van der Waals surface area contributed by atoms with Gasteiger partial charge in [-0.2, -0.15) is 0 Å². The molecule has 0 unspecified atom stereocenters. The Balaban J connectivity index is 2.05. The predicted octanol–water partition coefficient (Wildman–Crippen LogP) is 2.50. The molecule has 0 saturated carbocycles. The Hall–Kier alpha value is -2.46. The lowest BCUT2D eigenvalue weighted by Gasteiger charge is -2.47. The average molecular weight is 500 g/mol. The third-order valence-corrected chi connectivity index (χ3v) is 7.19. The zero-order valence-corrected chi connectivity index (χ0v) is 20.3. The lowest BCUT2D eigenvalue weighted by Crippen LogP contribution is -2.62. The van der Waals surface area contributed by atoms with E-state index in [4.69, 9.17) is 30.5 Å². The summed E-state index contributed by atoms with van der Waals surface area (Å²) < 4.78 is 21.9. The van der Waals surface area contributed by atoms with Crippen molar-refractivity contribution in [2.75, 3.05) is 18.1 Å². The summed E-state index contributed by atoms with van der Waals surface area (Å²) in [6.07, 6.45) is -2.39. The lowest BCUT2D eigenvalue weighted by molar-refractivity contribution is -0.185. The molecule has 0 N–H and O–H groups in total. The number of benzene rings is 1. The van der Waals surface area contributed by atoms with Crippen molar-refractivity contribution in [3.63, 3.8) is 0 Å². The van der Waals surface area contributed by atoms with Crippen LogP contribution in [0.5, 0.6) is 0 Å². The number of nitrogens with zero attached hydrogens (tertiary/aromatic N) is 1. The Morgan fingerprint density at radius 3 is 2.15 bits per heavy atom. The van der Waals surface area contributed by atoms with Crippen LogP contribution in [0.2, 0.25) is 5.02 Å². The predicted molar refractivity (Wildman–Crippen MR) is 121 cm³/mol. The fourth-order valence-electron chi connectivity index (χ4n) is 4.14. The van der Waals surface area contributed by atoms with Crippen LogP contribution < -0.4 is 4.90 Å². The molecule has 0 radical (unpaired) electrons. The first-order valence-corrected chi connectivity index (χ1v) is 11.7. The number of carbonyl (C=O) groups excluding carboxylic acids is 4. The fourth-order valence-corrected chi connectivity index (χ4v) is 6.00. The van der Waals surface area contributed by atoms with Gasteiger partial charge in [0.15, 0.2) is 18.3 Å². The number of fused-ring (bicyclic) bond motifs is 1. The quantitative estimate of drug-likeness (QED) is 0.427. The van der Waals surface area contributed by atoms with Crippen LogP contribution in [-0.2, 0) is 44.5 Å². The van der Waals surface area contributed by atoms with E-state index < -0.39 is 52.8 Å². The van der Waals surface area contributed by atoms with E-state index in [-0.39, 0.29) is 6.61 Å². The molecule has 3 rings (SSSR count). The third kappa shape index (κ3) is 5.92. The number of anilines is 1. The first-order chi connectivity index (χ1) is 15.6. The van der Waals surface area contributed by atoms with Crippen molar-refractivity contribution >= 4 is 52.9 Å². The van der Waals surface area contributed by atoms with Gasteiger partial charge in [0.05, 0.1) is 5.25 Å². The van der Waals surface area contributed by atoms with Gasteiger partial charge in [0.25, 0.3) is 0 Å². The molecule has 1 aromatic carbocycles. The second-order valence-corrected chi connectivity index (χ2v) is 9.54. The van der Waals surface area contributed by atoms with E-state index in [1.54, 1.807) is 0 Å². The second kappa shape index (κ2) is 10.6. The van der Waals surface area contributed by atoms with Gasteiger partial charge in [-0.05, 0) is 24.1 Å². The number of carbonyl (C=O) groups is 4.